The van der Waals surface area contributed by atoms with E-state index < -0.39 is 0 Å². The molecule has 0 aromatic heterocycles. The molecule has 0 bridgehead atoms. The summed E-state index contributed by atoms with van der Waals surface area (Å²) in [5.74, 6) is 0. The average Bonchev–Trinajstić information content (AvgIpc) is 2.26. The molecule has 0 radical (unpaired) electrons. The number of thioether (sulfide) groups is 1. The molecule has 1 atom stereocenters. The van der Waals surface area contributed by atoms with Gasteiger partial charge in [0.25, 0.3) is 0 Å². The molecule has 0 fully saturated rings. The van der Waals surface area contributed by atoms with E-state index in [2.05, 4.69) is 37.1 Å². The fraction of sp³-hybridized carbons (Fsp3) is 0.333. The van der Waals surface area contributed by atoms with Crippen molar-refractivity contribution in [2.45, 2.75) is 23.8 Å². The standard InChI is InChI=1S/C12H17NS/c1-3-4-5-12(13)10-6-8-11(14-2)9-7-10/h3,6-9,12H,1,4-5,13H2,2H3/t12-/m0/s1. The minimum atomic E-state index is 0.143. The van der Waals surface area contributed by atoms with Crippen molar-refractivity contribution in [1.82, 2.24) is 0 Å². The largest absolute Gasteiger partial charge is 0.324 e. The number of benzene rings is 1. The molecule has 2 heteroatoms. The molecule has 76 valence electrons. The van der Waals surface area contributed by atoms with Gasteiger partial charge in [-0.05, 0) is 36.8 Å². The maximum Gasteiger partial charge on any atom is 0.0297 e. The lowest BCUT2D eigenvalue weighted by molar-refractivity contribution is 0.661. The van der Waals surface area contributed by atoms with E-state index in [1.807, 2.05) is 6.08 Å². The summed E-state index contributed by atoms with van der Waals surface area (Å²) in [7, 11) is 0. The minimum Gasteiger partial charge on any atom is -0.324 e. The summed E-state index contributed by atoms with van der Waals surface area (Å²) < 4.78 is 0. The molecule has 0 saturated carbocycles. The van der Waals surface area contributed by atoms with Crippen LogP contribution >= 0.6 is 11.8 Å². The lowest BCUT2D eigenvalue weighted by Gasteiger charge is -2.10. The molecule has 0 aliphatic heterocycles. The Labute approximate surface area is 90.4 Å². The first-order valence-electron chi connectivity index (χ1n) is 4.78. The van der Waals surface area contributed by atoms with E-state index in [1.54, 1.807) is 11.8 Å². The molecule has 0 amide bonds. The molecule has 1 aromatic rings. The molecule has 0 aliphatic rings. The molecule has 0 saturated heterocycles. The Bertz CT molecular complexity index is 279. The summed E-state index contributed by atoms with van der Waals surface area (Å²) in [4.78, 5) is 1.28. The Morgan fingerprint density at radius 3 is 2.57 bits per heavy atom. The normalized spacial score (nSPS) is 12.4. The van der Waals surface area contributed by atoms with Crippen molar-refractivity contribution in [1.29, 1.82) is 0 Å². The first-order chi connectivity index (χ1) is 6.77. The topological polar surface area (TPSA) is 26.0 Å². The third-order valence-electron chi connectivity index (χ3n) is 2.23. The van der Waals surface area contributed by atoms with Crippen LogP contribution in [0.5, 0.6) is 0 Å². The molecule has 0 aliphatic carbocycles. The maximum atomic E-state index is 6.02. The van der Waals surface area contributed by atoms with Gasteiger partial charge in [-0.1, -0.05) is 18.2 Å². The number of allylic oxidation sites excluding steroid dienone is 1. The Kier molecular flexibility index (Phi) is 4.77. The van der Waals surface area contributed by atoms with E-state index in [1.165, 1.54) is 10.5 Å². The van der Waals surface area contributed by atoms with Gasteiger partial charge in [-0.2, -0.15) is 0 Å². The van der Waals surface area contributed by atoms with Crippen LogP contribution in [0, 0.1) is 0 Å². The van der Waals surface area contributed by atoms with Gasteiger partial charge in [0.05, 0.1) is 0 Å². The maximum absolute atomic E-state index is 6.02. The molecule has 1 aromatic carbocycles. The highest BCUT2D eigenvalue weighted by molar-refractivity contribution is 7.98. The first-order valence-corrected chi connectivity index (χ1v) is 6.01. The van der Waals surface area contributed by atoms with Crippen molar-refractivity contribution < 1.29 is 0 Å². The molecular weight excluding hydrogens is 190 g/mol. The van der Waals surface area contributed by atoms with Crippen LogP contribution < -0.4 is 5.73 Å². The van der Waals surface area contributed by atoms with Crippen molar-refractivity contribution in [2.24, 2.45) is 5.73 Å². The van der Waals surface area contributed by atoms with Gasteiger partial charge in [-0.3, -0.25) is 0 Å². The average molecular weight is 207 g/mol. The third kappa shape index (κ3) is 3.20. The number of hydrogen-bond donors (Lipinski definition) is 1. The molecule has 2 N–H and O–H groups in total. The smallest absolute Gasteiger partial charge is 0.0297 e. The highest BCUT2D eigenvalue weighted by atomic mass is 32.2. The van der Waals surface area contributed by atoms with Crippen LogP contribution in [0.1, 0.15) is 24.4 Å². The zero-order valence-corrected chi connectivity index (χ0v) is 9.39. The summed E-state index contributed by atoms with van der Waals surface area (Å²) in [6, 6.07) is 8.60. The SMILES string of the molecule is C=CCC[C@H](N)c1ccc(SC)cc1. The third-order valence-corrected chi connectivity index (χ3v) is 2.97. The molecule has 0 unspecified atom stereocenters. The number of nitrogens with two attached hydrogens (primary N) is 1. The lowest BCUT2D eigenvalue weighted by atomic mass is 10.0. The predicted molar refractivity (Wildman–Crippen MR) is 64.6 cm³/mol. The highest BCUT2D eigenvalue weighted by Gasteiger charge is 2.03. The zero-order valence-electron chi connectivity index (χ0n) is 8.57. The van der Waals surface area contributed by atoms with Gasteiger partial charge in [0.1, 0.15) is 0 Å². The second-order valence-corrected chi connectivity index (χ2v) is 4.13. The van der Waals surface area contributed by atoms with Crippen molar-refractivity contribution in [3.63, 3.8) is 0 Å². The van der Waals surface area contributed by atoms with Crippen LogP contribution in [-0.2, 0) is 0 Å². The van der Waals surface area contributed by atoms with Gasteiger partial charge in [0.15, 0.2) is 0 Å². The molecule has 0 spiro atoms. The van der Waals surface area contributed by atoms with E-state index in [9.17, 15) is 0 Å². The van der Waals surface area contributed by atoms with Crippen LogP contribution in [-0.4, -0.2) is 6.26 Å². The fourth-order valence-electron chi connectivity index (χ4n) is 1.32. The summed E-state index contributed by atoms with van der Waals surface area (Å²) >= 11 is 1.75. The van der Waals surface area contributed by atoms with Crippen LogP contribution in [0.15, 0.2) is 41.8 Å². The molecule has 0 heterocycles. The van der Waals surface area contributed by atoms with Gasteiger partial charge in [0.2, 0.25) is 0 Å². The lowest BCUT2D eigenvalue weighted by Crippen LogP contribution is -2.09. The van der Waals surface area contributed by atoms with Gasteiger partial charge in [-0.25, -0.2) is 0 Å². The Hall–Kier alpha value is -0.730. The first kappa shape index (κ1) is 11.3. The van der Waals surface area contributed by atoms with Crippen molar-refractivity contribution in [3.8, 4) is 0 Å². The van der Waals surface area contributed by atoms with Crippen LogP contribution in [0.3, 0.4) is 0 Å². The zero-order chi connectivity index (χ0) is 10.4. The summed E-state index contributed by atoms with van der Waals surface area (Å²) in [5, 5.41) is 0. The quantitative estimate of drug-likeness (QED) is 0.591. The minimum absolute atomic E-state index is 0.143. The Morgan fingerprint density at radius 1 is 1.43 bits per heavy atom. The van der Waals surface area contributed by atoms with E-state index in [0.717, 1.165) is 12.8 Å². The Morgan fingerprint density at radius 2 is 2.07 bits per heavy atom. The van der Waals surface area contributed by atoms with Crippen LogP contribution in [0.2, 0.25) is 0 Å². The van der Waals surface area contributed by atoms with Crippen LogP contribution in [0.4, 0.5) is 0 Å². The summed E-state index contributed by atoms with van der Waals surface area (Å²) in [6.07, 6.45) is 5.94. The number of rotatable bonds is 5. The molecule has 1 nitrogen and oxygen atoms in total. The predicted octanol–water partition coefficient (Wildman–Crippen LogP) is 3.37. The van der Waals surface area contributed by atoms with E-state index >= 15 is 0 Å². The molecule has 14 heavy (non-hydrogen) atoms. The van der Waals surface area contributed by atoms with Crippen molar-refractivity contribution in [2.75, 3.05) is 6.26 Å². The van der Waals surface area contributed by atoms with Crippen molar-refractivity contribution in [3.05, 3.63) is 42.5 Å². The summed E-state index contributed by atoms with van der Waals surface area (Å²) in [5.41, 5.74) is 7.23. The Balaban J connectivity index is 2.61. The van der Waals surface area contributed by atoms with E-state index in [-0.39, 0.29) is 6.04 Å². The van der Waals surface area contributed by atoms with Crippen LogP contribution in [0.25, 0.3) is 0 Å². The van der Waals surface area contributed by atoms with Gasteiger partial charge < -0.3 is 5.73 Å². The van der Waals surface area contributed by atoms with Gasteiger partial charge >= 0.3 is 0 Å². The van der Waals surface area contributed by atoms with Gasteiger partial charge in [-0.15, -0.1) is 18.3 Å². The molecule has 1 rings (SSSR count). The number of hydrogen-bond acceptors (Lipinski definition) is 2. The summed E-state index contributed by atoms with van der Waals surface area (Å²) in [6.45, 7) is 3.69. The fourth-order valence-corrected chi connectivity index (χ4v) is 1.72. The second kappa shape index (κ2) is 5.89. The second-order valence-electron chi connectivity index (χ2n) is 3.25. The molecular formula is C12H17NS. The monoisotopic (exact) mass is 207 g/mol. The van der Waals surface area contributed by atoms with E-state index in [0.29, 0.717) is 0 Å². The highest BCUT2D eigenvalue weighted by Crippen LogP contribution is 2.20. The van der Waals surface area contributed by atoms with Crippen molar-refractivity contribution >= 4 is 11.8 Å². The van der Waals surface area contributed by atoms with Gasteiger partial charge in [0, 0.05) is 10.9 Å². The van der Waals surface area contributed by atoms with E-state index in [4.69, 9.17) is 5.73 Å².